The van der Waals surface area contributed by atoms with Crippen LogP contribution in [0.4, 0.5) is 0 Å². The van der Waals surface area contributed by atoms with E-state index in [1.54, 1.807) is 0 Å². The Kier molecular flexibility index (Phi) is 5.39. The summed E-state index contributed by atoms with van der Waals surface area (Å²) in [6, 6.07) is 0.118. The number of nitrogens with zero attached hydrogens (tertiary/aromatic N) is 2. The molecule has 1 aromatic rings. The van der Waals surface area contributed by atoms with Crippen LogP contribution in [0.5, 0.6) is 0 Å². The van der Waals surface area contributed by atoms with Crippen LogP contribution in [0.25, 0.3) is 0 Å². The van der Waals surface area contributed by atoms with Crippen molar-refractivity contribution in [1.82, 2.24) is 20.8 Å². The number of carbonyl (C=O) groups excluding carboxylic acids is 1. The zero-order chi connectivity index (χ0) is 15.2. The minimum absolute atomic E-state index is 0.0301. The van der Waals surface area contributed by atoms with E-state index in [-0.39, 0.29) is 11.9 Å². The zero-order valence-electron chi connectivity index (χ0n) is 12.8. The maximum atomic E-state index is 11.8. The van der Waals surface area contributed by atoms with Crippen LogP contribution in [0, 0.1) is 0 Å². The zero-order valence-corrected chi connectivity index (χ0v) is 12.8. The van der Waals surface area contributed by atoms with Gasteiger partial charge in [0.25, 0.3) is 0 Å². The molecule has 0 unspecified atom stereocenters. The van der Waals surface area contributed by atoms with Crippen molar-refractivity contribution in [3.63, 3.8) is 0 Å². The molecule has 2 fully saturated rings. The second-order valence-electron chi connectivity index (χ2n) is 6.06. The predicted molar refractivity (Wildman–Crippen MR) is 79.4 cm³/mol. The van der Waals surface area contributed by atoms with E-state index >= 15 is 0 Å². The monoisotopic (exact) mass is 308 g/mol. The fourth-order valence-corrected chi connectivity index (χ4v) is 3.07. The molecule has 3 rings (SSSR count). The van der Waals surface area contributed by atoms with Crippen LogP contribution in [0.2, 0.25) is 0 Å². The maximum Gasteiger partial charge on any atom is 0.229 e. The van der Waals surface area contributed by atoms with Crippen LogP contribution in [0.15, 0.2) is 4.52 Å². The minimum Gasteiger partial charge on any atom is -0.378 e. The summed E-state index contributed by atoms with van der Waals surface area (Å²) in [5.74, 6) is 1.92. The Labute approximate surface area is 130 Å². The van der Waals surface area contributed by atoms with Gasteiger partial charge in [0.2, 0.25) is 11.8 Å². The van der Waals surface area contributed by atoms with Crippen molar-refractivity contribution in [2.24, 2.45) is 0 Å². The van der Waals surface area contributed by atoms with Crippen molar-refractivity contribution in [3.05, 3.63) is 11.7 Å². The second-order valence-corrected chi connectivity index (χ2v) is 6.06. The molecule has 1 aliphatic heterocycles. The third-order valence-corrected chi connectivity index (χ3v) is 4.29. The van der Waals surface area contributed by atoms with Gasteiger partial charge in [0.15, 0.2) is 5.82 Å². The van der Waals surface area contributed by atoms with Crippen LogP contribution in [0.3, 0.4) is 0 Å². The van der Waals surface area contributed by atoms with Crippen LogP contribution in [-0.4, -0.2) is 48.4 Å². The lowest BCUT2D eigenvalue weighted by Crippen LogP contribution is -2.44. The number of amides is 1. The molecule has 2 aliphatic rings. The molecule has 1 aromatic heterocycles. The van der Waals surface area contributed by atoms with Gasteiger partial charge in [0.05, 0.1) is 13.2 Å². The Bertz CT molecular complexity index is 479. The summed E-state index contributed by atoms with van der Waals surface area (Å²) in [6.45, 7) is 2.67. The first-order valence-corrected chi connectivity index (χ1v) is 8.21. The van der Waals surface area contributed by atoms with Gasteiger partial charge >= 0.3 is 0 Å². The summed E-state index contributed by atoms with van der Waals surface area (Å²) in [7, 11) is 0. The standard InChI is InChI=1S/C15H24N4O3/c20-14(9-12-10-21-8-7-16-12)17-6-5-13-18-15(22-19-13)11-3-1-2-4-11/h11-12,16H,1-10H2,(H,17,20)/t12-/m0/s1. The normalized spacial score (nSPS) is 22.8. The molecular weight excluding hydrogens is 284 g/mol. The van der Waals surface area contributed by atoms with Crippen molar-refractivity contribution in [2.75, 3.05) is 26.3 Å². The van der Waals surface area contributed by atoms with Gasteiger partial charge in [-0.1, -0.05) is 18.0 Å². The fraction of sp³-hybridized carbons (Fsp3) is 0.800. The van der Waals surface area contributed by atoms with Gasteiger partial charge < -0.3 is 19.9 Å². The molecule has 0 spiro atoms. The highest BCUT2D eigenvalue weighted by atomic mass is 16.5. The molecular formula is C15H24N4O3. The molecule has 0 radical (unpaired) electrons. The predicted octanol–water partition coefficient (Wildman–Crippen LogP) is 0.764. The number of carbonyl (C=O) groups is 1. The SMILES string of the molecule is O=C(C[C@H]1COCCN1)NCCc1noc(C2CCCC2)n1. The molecule has 0 aromatic carbocycles. The van der Waals surface area contributed by atoms with Crippen LogP contribution < -0.4 is 10.6 Å². The summed E-state index contributed by atoms with van der Waals surface area (Å²) >= 11 is 0. The van der Waals surface area contributed by atoms with Crippen molar-refractivity contribution >= 4 is 5.91 Å². The van der Waals surface area contributed by atoms with E-state index in [0.29, 0.717) is 37.7 Å². The molecule has 122 valence electrons. The molecule has 2 N–H and O–H groups in total. The topological polar surface area (TPSA) is 89.3 Å². The van der Waals surface area contributed by atoms with Gasteiger partial charge in [-0.2, -0.15) is 4.98 Å². The number of ether oxygens (including phenoxy) is 1. The van der Waals surface area contributed by atoms with Gasteiger partial charge in [-0.15, -0.1) is 0 Å². The molecule has 7 heteroatoms. The average Bonchev–Trinajstić information content (AvgIpc) is 3.19. The van der Waals surface area contributed by atoms with Crippen LogP contribution in [-0.2, 0) is 16.0 Å². The first kappa shape index (κ1) is 15.4. The number of aromatic nitrogens is 2. The minimum atomic E-state index is 0.0301. The average molecular weight is 308 g/mol. The molecule has 1 aliphatic carbocycles. The van der Waals surface area contributed by atoms with Crippen molar-refractivity contribution in [1.29, 1.82) is 0 Å². The van der Waals surface area contributed by atoms with Crippen molar-refractivity contribution in [3.8, 4) is 0 Å². The number of nitrogens with one attached hydrogen (secondary N) is 2. The Hall–Kier alpha value is -1.47. The number of hydrogen-bond donors (Lipinski definition) is 2. The van der Waals surface area contributed by atoms with E-state index in [1.807, 2.05) is 0 Å². The number of hydrogen-bond acceptors (Lipinski definition) is 6. The van der Waals surface area contributed by atoms with E-state index in [2.05, 4.69) is 20.8 Å². The quantitative estimate of drug-likeness (QED) is 0.806. The van der Waals surface area contributed by atoms with E-state index in [1.165, 1.54) is 12.8 Å². The molecule has 2 heterocycles. The highest BCUT2D eigenvalue weighted by molar-refractivity contribution is 5.76. The van der Waals surface area contributed by atoms with Gasteiger partial charge in [0.1, 0.15) is 0 Å². The van der Waals surface area contributed by atoms with E-state index < -0.39 is 0 Å². The Morgan fingerprint density at radius 3 is 3.00 bits per heavy atom. The number of morpholine rings is 1. The van der Waals surface area contributed by atoms with E-state index in [0.717, 1.165) is 31.9 Å². The Morgan fingerprint density at radius 2 is 2.23 bits per heavy atom. The van der Waals surface area contributed by atoms with Crippen LogP contribution in [0.1, 0.15) is 49.7 Å². The van der Waals surface area contributed by atoms with Gasteiger partial charge in [-0.25, -0.2) is 0 Å². The first-order valence-electron chi connectivity index (χ1n) is 8.21. The van der Waals surface area contributed by atoms with Crippen molar-refractivity contribution < 1.29 is 14.1 Å². The Morgan fingerprint density at radius 1 is 1.36 bits per heavy atom. The highest BCUT2D eigenvalue weighted by Crippen LogP contribution is 2.32. The molecule has 22 heavy (non-hydrogen) atoms. The lowest BCUT2D eigenvalue weighted by molar-refractivity contribution is -0.122. The first-order chi connectivity index (χ1) is 10.8. The third-order valence-electron chi connectivity index (χ3n) is 4.29. The summed E-state index contributed by atoms with van der Waals surface area (Å²) in [4.78, 5) is 16.3. The highest BCUT2D eigenvalue weighted by Gasteiger charge is 2.23. The smallest absolute Gasteiger partial charge is 0.229 e. The largest absolute Gasteiger partial charge is 0.378 e. The third kappa shape index (κ3) is 4.27. The second kappa shape index (κ2) is 7.69. The van der Waals surface area contributed by atoms with Gasteiger partial charge in [0, 0.05) is 37.9 Å². The summed E-state index contributed by atoms with van der Waals surface area (Å²) in [6.07, 6.45) is 5.84. The Balaban J connectivity index is 1.36. The summed E-state index contributed by atoms with van der Waals surface area (Å²) in [5, 5.41) is 10.2. The fourth-order valence-electron chi connectivity index (χ4n) is 3.07. The summed E-state index contributed by atoms with van der Waals surface area (Å²) < 4.78 is 10.7. The van der Waals surface area contributed by atoms with Gasteiger partial charge in [-0.05, 0) is 12.8 Å². The van der Waals surface area contributed by atoms with E-state index in [4.69, 9.17) is 9.26 Å². The molecule has 1 saturated heterocycles. The molecule has 1 amide bonds. The maximum absolute atomic E-state index is 11.8. The van der Waals surface area contributed by atoms with E-state index in [9.17, 15) is 4.79 Å². The lowest BCUT2D eigenvalue weighted by atomic mass is 10.1. The van der Waals surface area contributed by atoms with Crippen molar-refractivity contribution in [2.45, 2.75) is 50.5 Å². The molecule has 0 bridgehead atoms. The molecule has 1 saturated carbocycles. The number of rotatable bonds is 6. The van der Waals surface area contributed by atoms with Gasteiger partial charge in [-0.3, -0.25) is 4.79 Å². The molecule has 1 atom stereocenters. The lowest BCUT2D eigenvalue weighted by Gasteiger charge is -2.23. The van der Waals surface area contributed by atoms with Crippen LogP contribution >= 0.6 is 0 Å². The molecule has 7 nitrogen and oxygen atoms in total. The summed E-state index contributed by atoms with van der Waals surface area (Å²) in [5.41, 5.74) is 0.